The van der Waals surface area contributed by atoms with Crippen LogP contribution in [0.5, 0.6) is 0 Å². The van der Waals surface area contributed by atoms with Crippen molar-refractivity contribution in [3.8, 4) is 11.1 Å². The van der Waals surface area contributed by atoms with Crippen molar-refractivity contribution in [2.24, 2.45) is 5.73 Å². The molecule has 1 aromatic heterocycles. The van der Waals surface area contributed by atoms with Crippen LogP contribution in [0.1, 0.15) is 43.0 Å². The highest BCUT2D eigenvalue weighted by molar-refractivity contribution is 6.30. The van der Waals surface area contributed by atoms with Crippen LogP contribution in [0.25, 0.3) is 11.1 Å². The molecule has 0 bridgehead atoms. The second-order valence-corrected chi connectivity index (χ2v) is 9.36. The number of rotatable bonds is 9. The van der Waals surface area contributed by atoms with E-state index in [0.29, 0.717) is 40.4 Å². The van der Waals surface area contributed by atoms with Crippen molar-refractivity contribution in [3.05, 3.63) is 100.0 Å². The van der Waals surface area contributed by atoms with Crippen molar-refractivity contribution < 1.29 is 18.4 Å². The number of carbonyl (C=O) groups excluding carboxylic acids is 2. The highest BCUT2D eigenvalue weighted by atomic mass is 35.5. The summed E-state index contributed by atoms with van der Waals surface area (Å²) in [6.07, 6.45) is 4.68. The average molecular weight is 525 g/mol. The van der Waals surface area contributed by atoms with Gasteiger partial charge in [0.1, 0.15) is 11.6 Å². The summed E-state index contributed by atoms with van der Waals surface area (Å²) in [5.41, 5.74) is 9.18. The lowest BCUT2D eigenvalue weighted by Crippen LogP contribution is -2.38. The molecular formula is C28H27ClF2N4O2. The fourth-order valence-electron chi connectivity index (χ4n) is 4.55. The van der Waals surface area contributed by atoms with Crippen molar-refractivity contribution in [1.29, 1.82) is 0 Å². The molecule has 2 aromatic carbocycles. The number of primary amides is 1. The highest BCUT2D eigenvalue weighted by Crippen LogP contribution is 2.30. The first-order valence-corrected chi connectivity index (χ1v) is 12.4. The Bertz CT molecular complexity index is 1310. The Kier molecular flexibility index (Phi) is 8.50. The number of benzene rings is 2. The van der Waals surface area contributed by atoms with Crippen LogP contribution in [-0.4, -0.2) is 23.3 Å². The van der Waals surface area contributed by atoms with Gasteiger partial charge in [0.15, 0.2) is 0 Å². The molecule has 37 heavy (non-hydrogen) atoms. The summed E-state index contributed by atoms with van der Waals surface area (Å²) >= 11 is 6.05. The van der Waals surface area contributed by atoms with E-state index in [1.807, 2.05) is 18.2 Å². The molecule has 2 amide bonds. The number of halogens is 3. The molecule has 192 valence electrons. The van der Waals surface area contributed by atoms with E-state index >= 15 is 0 Å². The molecule has 0 unspecified atom stereocenters. The molecule has 1 aliphatic rings. The van der Waals surface area contributed by atoms with Gasteiger partial charge in [-0.25, -0.2) is 8.78 Å². The lowest BCUT2D eigenvalue weighted by atomic mass is 9.95. The second-order valence-electron chi connectivity index (χ2n) is 8.93. The largest absolute Gasteiger partial charge is 0.379 e. The van der Waals surface area contributed by atoms with Crippen LogP contribution < -0.4 is 16.4 Å². The average Bonchev–Trinajstić information content (AvgIpc) is 2.87. The number of carbonyl (C=O) groups is 2. The lowest BCUT2D eigenvalue weighted by molar-refractivity contribution is -0.121. The Morgan fingerprint density at radius 2 is 1.73 bits per heavy atom. The minimum atomic E-state index is -0.705. The van der Waals surface area contributed by atoms with Gasteiger partial charge in [-0.3, -0.25) is 14.6 Å². The lowest BCUT2D eigenvalue weighted by Gasteiger charge is -2.23. The smallest absolute Gasteiger partial charge is 0.246 e. The summed E-state index contributed by atoms with van der Waals surface area (Å²) in [5, 5.41) is 6.58. The van der Waals surface area contributed by atoms with E-state index in [1.54, 1.807) is 24.4 Å². The van der Waals surface area contributed by atoms with E-state index in [-0.39, 0.29) is 18.9 Å². The monoisotopic (exact) mass is 524 g/mol. The Hall–Kier alpha value is -3.78. The first-order chi connectivity index (χ1) is 17.8. The molecule has 4 rings (SSSR count). The maximum atomic E-state index is 13.9. The molecule has 4 N–H and O–H groups in total. The third-order valence-corrected chi connectivity index (χ3v) is 6.50. The van der Waals surface area contributed by atoms with Crippen molar-refractivity contribution in [2.45, 2.75) is 38.1 Å². The van der Waals surface area contributed by atoms with E-state index in [0.717, 1.165) is 30.0 Å². The minimum absolute atomic E-state index is 0.0940. The van der Waals surface area contributed by atoms with Gasteiger partial charge in [0.25, 0.3) is 0 Å². The molecule has 1 aliphatic carbocycles. The van der Waals surface area contributed by atoms with Gasteiger partial charge >= 0.3 is 0 Å². The summed E-state index contributed by atoms with van der Waals surface area (Å²) in [4.78, 5) is 29.4. The van der Waals surface area contributed by atoms with Gasteiger partial charge in [-0.2, -0.15) is 0 Å². The van der Waals surface area contributed by atoms with Gasteiger partial charge in [0.2, 0.25) is 11.8 Å². The standard InChI is InChI=1S/C28H27ClF2N4O2/c29-19-9-7-18(8-10-19)22-5-3-11-33-27(22)25(14-17-12-20(30)15-21(31)13-17)35-26(36)16-34-24-6-2-1-4-23(24)28(32)37/h3,5,7-13,15,25,34H,1-2,4,6,14,16H2,(H2,32,37)(H,35,36)/t25-/m0/s1. The van der Waals surface area contributed by atoms with Gasteiger partial charge in [-0.05, 0) is 73.6 Å². The number of hydrogen-bond donors (Lipinski definition) is 3. The number of hydrogen-bond acceptors (Lipinski definition) is 4. The number of nitrogens with two attached hydrogens (primary N) is 1. The van der Waals surface area contributed by atoms with Crippen molar-refractivity contribution >= 4 is 23.4 Å². The number of aromatic nitrogens is 1. The molecule has 0 aliphatic heterocycles. The van der Waals surface area contributed by atoms with E-state index in [9.17, 15) is 18.4 Å². The number of allylic oxidation sites excluding steroid dienone is 1. The van der Waals surface area contributed by atoms with Crippen molar-refractivity contribution in [1.82, 2.24) is 15.6 Å². The summed E-state index contributed by atoms with van der Waals surface area (Å²) in [6, 6.07) is 13.4. The molecule has 0 radical (unpaired) electrons. The first-order valence-electron chi connectivity index (χ1n) is 12.0. The zero-order valence-electron chi connectivity index (χ0n) is 20.1. The number of nitrogens with zero attached hydrogens (tertiary/aromatic N) is 1. The molecule has 9 heteroatoms. The fourth-order valence-corrected chi connectivity index (χ4v) is 4.68. The maximum absolute atomic E-state index is 13.9. The maximum Gasteiger partial charge on any atom is 0.246 e. The van der Waals surface area contributed by atoms with Gasteiger partial charge in [-0.1, -0.05) is 29.8 Å². The Morgan fingerprint density at radius 3 is 2.43 bits per heavy atom. The fraction of sp³-hybridized carbons (Fsp3) is 0.250. The van der Waals surface area contributed by atoms with Crippen LogP contribution in [-0.2, 0) is 16.0 Å². The van der Waals surface area contributed by atoms with Crippen LogP contribution in [0.15, 0.2) is 72.1 Å². The Morgan fingerprint density at radius 1 is 1.03 bits per heavy atom. The van der Waals surface area contributed by atoms with Gasteiger partial charge in [0.05, 0.1) is 18.3 Å². The number of amides is 2. The molecule has 3 aromatic rings. The summed E-state index contributed by atoms with van der Waals surface area (Å²) < 4.78 is 27.9. The SMILES string of the molecule is NC(=O)C1=C(NCC(=O)N[C@@H](Cc2cc(F)cc(F)c2)c2ncccc2-c2ccc(Cl)cc2)CCCC1. The molecule has 1 heterocycles. The summed E-state index contributed by atoms with van der Waals surface area (Å²) in [5.74, 6) is -2.26. The van der Waals surface area contributed by atoms with Crippen molar-refractivity contribution in [3.63, 3.8) is 0 Å². The van der Waals surface area contributed by atoms with Crippen molar-refractivity contribution in [2.75, 3.05) is 6.54 Å². The molecule has 0 saturated heterocycles. The highest BCUT2D eigenvalue weighted by Gasteiger charge is 2.23. The van der Waals surface area contributed by atoms with E-state index in [1.165, 1.54) is 12.1 Å². The quantitative estimate of drug-likeness (QED) is 0.367. The number of pyridine rings is 1. The first kappa shape index (κ1) is 26.3. The Balaban J connectivity index is 1.62. The van der Waals surface area contributed by atoms with Gasteiger partial charge in [-0.15, -0.1) is 0 Å². The minimum Gasteiger partial charge on any atom is -0.379 e. The van der Waals surface area contributed by atoms with Crippen LogP contribution >= 0.6 is 11.6 Å². The molecule has 0 saturated carbocycles. The zero-order valence-corrected chi connectivity index (χ0v) is 20.8. The van der Waals surface area contributed by atoms with Crippen LogP contribution in [0.2, 0.25) is 5.02 Å². The van der Waals surface area contributed by atoms with Gasteiger partial charge < -0.3 is 16.4 Å². The third kappa shape index (κ3) is 6.92. The van der Waals surface area contributed by atoms with Crippen LogP contribution in [0.3, 0.4) is 0 Å². The van der Waals surface area contributed by atoms with E-state index in [2.05, 4.69) is 15.6 Å². The molecule has 0 spiro atoms. The van der Waals surface area contributed by atoms with Crippen LogP contribution in [0.4, 0.5) is 8.78 Å². The molecule has 0 fully saturated rings. The third-order valence-electron chi connectivity index (χ3n) is 6.25. The Labute approximate surface area is 218 Å². The van der Waals surface area contributed by atoms with E-state index in [4.69, 9.17) is 17.3 Å². The van der Waals surface area contributed by atoms with Crippen LogP contribution in [0, 0.1) is 11.6 Å². The molecule has 6 nitrogen and oxygen atoms in total. The summed E-state index contributed by atoms with van der Waals surface area (Å²) in [6.45, 7) is -0.0940. The number of nitrogens with one attached hydrogen (secondary N) is 2. The normalized spacial score (nSPS) is 14.2. The predicted molar refractivity (Wildman–Crippen MR) is 138 cm³/mol. The topological polar surface area (TPSA) is 97.1 Å². The molecular weight excluding hydrogens is 498 g/mol. The summed E-state index contributed by atoms with van der Waals surface area (Å²) in [7, 11) is 0. The second kappa shape index (κ2) is 12.0. The molecule has 1 atom stereocenters. The van der Waals surface area contributed by atoms with E-state index < -0.39 is 23.6 Å². The zero-order chi connectivity index (χ0) is 26.4. The van der Waals surface area contributed by atoms with Gasteiger partial charge in [0, 0.05) is 34.1 Å². The predicted octanol–water partition coefficient (Wildman–Crippen LogP) is 4.98.